The summed E-state index contributed by atoms with van der Waals surface area (Å²) in [7, 11) is 1.52. The van der Waals surface area contributed by atoms with Crippen molar-refractivity contribution >= 4 is 23.9 Å². The number of ketones is 1. The monoisotopic (exact) mass is 592 g/mol. The summed E-state index contributed by atoms with van der Waals surface area (Å²) in [5.41, 5.74) is 3.02. The number of pyridine rings is 1. The Kier molecular flexibility index (Phi) is 11.3. The van der Waals surface area contributed by atoms with E-state index >= 15 is 0 Å². The Hall–Kier alpha value is -3.67. The fourth-order valence-electron chi connectivity index (χ4n) is 5.39. The van der Waals surface area contributed by atoms with E-state index in [0.29, 0.717) is 30.1 Å². The molecule has 1 aromatic carbocycles. The maximum absolute atomic E-state index is 14.6. The molecule has 0 unspecified atom stereocenters. The average molecular weight is 593 g/mol. The van der Waals surface area contributed by atoms with Crippen LogP contribution in [0.15, 0.2) is 30.5 Å². The van der Waals surface area contributed by atoms with Gasteiger partial charge in [0.1, 0.15) is 11.5 Å². The van der Waals surface area contributed by atoms with Gasteiger partial charge in [0.05, 0.1) is 0 Å². The number of nitrogens with zero attached hydrogens (tertiary/aromatic N) is 3. The second kappa shape index (κ2) is 14.5. The summed E-state index contributed by atoms with van der Waals surface area (Å²) in [6.07, 6.45) is 0.0352. The van der Waals surface area contributed by atoms with Crippen LogP contribution >= 0.6 is 0 Å². The van der Waals surface area contributed by atoms with Crippen molar-refractivity contribution < 1.29 is 36.7 Å². The summed E-state index contributed by atoms with van der Waals surface area (Å²) in [6, 6.07) is 6.16. The second-order valence-corrected chi connectivity index (χ2v) is 10.7. The van der Waals surface area contributed by atoms with Gasteiger partial charge in [0.15, 0.2) is 5.78 Å². The van der Waals surface area contributed by atoms with Crippen molar-refractivity contribution in [3.05, 3.63) is 64.2 Å². The van der Waals surface area contributed by atoms with E-state index in [-0.39, 0.29) is 41.6 Å². The molecule has 0 bridgehead atoms. The molecule has 2 aliphatic rings. The number of Topliss-reactive ketones (excluding diaryl/α,β-unsaturated/α-hetero) is 1. The lowest BCUT2D eigenvalue weighted by molar-refractivity contribution is -0.156. The molecule has 1 aliphatic carbocycles. The van der Waals surface area contributed by atoms with Crippen molar-refractivity contribution in [2.45, 2.75) is 64.7 Å². The van der Waals surface area contributed by atoms with Gasteiger partial charge in [-0.1, -0.05) is 12.8 Å². The van der Waals surface area contributed by atoms with Gasteiger partial charge in [0, 0.05) is 63.4 Å². The predicted octanol–water partition coefficient (Wildman–Crippen LogP) is 4.28. The van der Waals surface area contributed by atoms with Crippen molar-refractivity contribution in [3.63, 3.8) is 0 Å². The van der Waals surface area contributed by atoms with Crippen LogP contribution in [-0.4, -0.2) is 77.6 Å². The summed E-state index contributed by atoms with van der Waals surface area (Å²) < 4.78 is 45.8. The lowest BCUT2D eigenvalue weighted by Crippen LogP contribution is -2.54. The van der Waals surface area contributed by atoms with Gasteiger partial charge in [-0.15, -0.1) is 0 Å². The highest BCUT2D eigenvalue weighted by Crippen LogP contribution is 2.28. The van der Waals surface area contributed by atoms with Crippen LogP contribution in [0.5, 0.6) is 0 Å². The van der Waals surface area contributed by atoms with Crippen LogP contribution in [0.2, 0.25) is 0 Å². The SMILES string of the molecule is CNC(=O)c1ccc(C(=O)Cc2cc(F)cc(CN3CCN(C(=O)C4CCCC4)[C@@H](C)C3)c2C)cn1.O=CC(F)(F)F. The van der Waals surface area contributed by atoms with Gasteiger partial charge < -0.3 is 10.2 Å². The summed E-state index contributed by atoms with van der Waals surface area (Å²) in [4.78, 5) is 54.5. The van der Waals surface area contributed by atoms with E-state index in [9.17, 15) is 31.9 Å². The molecule has 8 nitrogen and oxygen atoms in total. The van der Waals surface area contributed by atoms with Gasteiger partial charge in [-0.3, -0.25) is 29.1 Å². The molecule has 2 amide bonds. The van der Waals surface area contributed by atoms with Crippen LogP contribution in [0.3, 0.4) is 0 Å². The Bertz CT molecular complexity index is 1280. The zero-order valence-electron chi connectivity index (χ0n) is 24.0. The minimum atomic E-state index is -4.64. The number of amides is 2. The molecule has 2 heterocycles. The summed E-state index contributed by atoms with van der Waals surface area (Å²) in [5.74, 6) is -0.398. The molecule has 1 aromatic heterocycles. The molecule has 1 aliphatic heterocycles. The van der Waals surface area contributed by atoms with E-state index < -0.39 is 12.5 Å². The fourth-order valence-corrected chi connectivity index (χ4v) is 5.39. The Morgan fingerprint density at radius 3 is 2.29 bits per heavy atom. The van der Waals surface area contributed by atoms with Gasteiger partial charge in [-0.05, 0) is 67.6 Å². The molecule has 2 aromatic rings. The Balaban J connectivity index is 0.000000730. The van der Waals surface area contributed by atoms with Crippen LogP contribution in [0.1, 0.15) is 70.1 Å². The number of benzene rings is 1. The Morgan fingerprint density at radius 2 is 1.74 bits per heavy atom. The van der Waals surface area contributed by atoms with E-state index in [1.807, 2.05) is 11.8 Å². The molecule has 4 rings (SSSR count). The van der Waals surface area contributed by atoms with Crippen molar-refractivity contribution in [1.82, 2.24) is 20.1 Å². The smallest absolute Gasteiger partial charge is 0.354 e. The number of alkyl halides is 3. The van der Waals surface area contributed by atoms with Crippen molar-refractivity contribution in [2.75, 3.05) is 26.7 Å². The first-order chi connectivity index (χ1) is 19.8. The third kappa shape index (κ3) is 8.91. The predicted molar refractivity (Wildman–Crippen MR) is 147 cm³/mol. The van der Waals surface area contributed by atoms with Gasteiger partial charge in [0.25, 0.3) is 5.91 Å². The Morgan fingerprint density at radius 1 is 1.10 bits per heavy atom. The first-order valence-electron chi connectivity index (χ1n) is 13.9. The number of nitrogens with one attached hydrogen (secondary N) is 1. The number of hydrogen-bond acceptors (Lipinski definition) is 6. The lowest BCUT2D eigenvalue weighted by atomic mass is 9.95. The molecule has 1 saturated heterocycles. The number of rotatable bonds is 7. The van der Waals surface area contributed by atoms with E-state index in [1.54, 1.807) is 12.1 Å². The van der Waals surface area contributed by atoms with Gasteiger partial charge >= 0.3 is 6.18 Å². The third-order valence-electron chi connectivity index (χ3n) is 7.71. The fraction of sp³-hybridized carbons (Fsp3) is 0.500. The van der Waals surface area contributed by atoms with Crippen LogP contribution < -0.4 is 5.32 Å². The Labute approximate surface area is 242 Å². The summed E-state index contributed by atoms with van der Waals surface area (Å²) >= 11 is 0. The maximum Gasteiger partial charge on any atom is 0.446 e. The molecule has 0 radical (unpaired) electrons. The van der Waals surface area contributed by atoms with E-state index in [4.69, 9.17) is 4.79 Å². The molecule has 12 heteroatoms. The van der Waals surface area contributed by atoms with Gasteiger partial charge in [-0.25, -0.2) is 4.39 Å². The third-order valence-corrected chi connectivity index (χ3v) is 7.71. The zero-order chi connectivity index (χ0) is 31.0. The zero-order valence-corrected chi connectivity index (χ0v) is 24.0. The molecule has 42 heavy (non-hydrogen) atoms. The van der Waals surface area contributed by atoms with Crippen LogP contribution in [0, 0.1) is 18.7 Å². The molecular weight excluding hydrogens is 556 g/mol. The molecule has 2 fully saturated rings. The maximum atomic E-state index is 14.6. The van der Waals surface area contributed by atoms with E-state index in [2.05, 4.69) is 22.1 Å². The highest BCUT2D eigenvalue weighted by atomic mass is 19.4. The summed E-state index contributed by atoms with van der Waals surface area (Å²) in [5, 5.41) is 2.49. The van der Waals surface area contributed by atoms with Gasteiger partial charge in [-0.2, -0.15) is 13.2 Å². The number of piperazine rings is 1. The van der Waals surface area contributed by atoms with Crippen LogP contribution in [0.25, 0.3) is 0 Å². The number of carbonyl (C=O) groups is 4. The standard InChI is InChI=1S/C28H35FN4O3.C2HF3O/c1-18-16-32(10-11-33(18)28(36)20-6-4-5-7-20)17-23-13-24(29)12-22(19(23)2)14-26(34)21-8-9-25(31-15-21)27(35)30-3;3-2(4,5)1-6/h8-9,12-13,15,18,20H,4-7,10-11,14,16-17H2,1-3H3,(H,30,35);1H/t18-;/m0./s1. The second-order valence-electron chi connectivity index (χ2n) is 10.7. The van der Waals surface area contributed by atoms with Crippen LogP contribution in [0.4, 0.5) is 17.6 Å². The number of aromatic nitrogens is 1. The molecule has 228 valence electrons. The quantitative estimate of drug-likeness (QED) is 0.293. The highest BCUT2D eigenvalue weighted by molar-refractivity contribution is 5.98. The number of aldehydes is 1. The number of hydrogen-bond donors (Lipinski definition) is 1. The molecule has 1 N–H and O–H groups in total. The number of halogens is 4. The molecule has 1 saturated carbocycles. The number of carbonyl (C=O) groups excluding carboxylic acids is 4. The minimum absolute atomic E-state index is 0.0532. The molecular formula is C30H36F4N4O4. The van der Waals surface area contributed by atoms with E-state index in [0.717, 1.165) is 49.9 Å². The van der Waals surface area contributed by atoms with E-state index in [1.165, 1.54) is 25.4 Å². The highest BCUT2D eigenvalue weighted by Gasteiger charge is 2.33. The minimum Gasteiger partial charge on any atom is -0.354 e. The first kappa shape index (κ1) is 32.8. The van der Waals surface area contributed by atoms with Crippen molar-refractivity contribution in [2.24, 2.45) is 5.92 Å². The topological polar surface area (TPSA) is 99.7 Å². The van der Waals surface area contributed by atoms with Crippen LogP contribution in [-0.2, 0) is 22.6 Å². The largest absolute Gasteiger partial charge is 0.446 e. The van der Waals surface area contributed by atoms with Crippen molar-refractivity contribution in [3.8, 4) is 0 Å². The lowest BCUT2D eigenvalue weighted by Gasteiger charge is -2.41. The molecule has 1 atom stereocenters. The average Bonchev–Trinajstić information content (AvgIpc) is 3.50. The van der Waals surface area contributed by atoms with Crippen molar-refractivity contribution in [1.29, 1.82) is 0 Å². The summed E-state index contributed by atoms with van der Waals surface area (Å²) in [6.45, 7) is 6.76. The molecule has 0 spiro atoms. The first-order valence-corrected chi connectivity index (χ1v) is 13.9. The van der Waals surface area contributed by atoms with Gasteiger partial charge in [0.2, 0.25) is 12.2 Å². The normalized spacial score (nSPS) is 17.8.